The van der Waals surface area contributed by atoms with Gasteiger partial charge >= 0.3 is 5.97 Å². The third-order valence-electron chi connectivity index (χ3n) is 4.02. The second-order valence-electron chi connectivity index (χ2n) is 5.35. The number of hydrogen-bond acceptors (Lipinski definition) is 3. The van der Waals surface area contributed by atoms with Gasteiger partial charge in [0.15, 0.2) is 0 Å². The van der Waals surface area contributed by atoms with Gasteiger partial charge in [0, 0.05) is 19.5 Å². The van der Waals surface area contributed by atoms with E-state index in [4.69, 9.17) is 4.74 Å². The van der Waals surface area contributed by atoms with E-state index in [1.54, 1.807) is 0 Å². The van der Waals surface area contributed by atoms with Crippen molar-refractivity contribution in [3.8, 4) is 5.75 Å². The van der Waals surface area contributed by atoms with Crippen LogP contribution in [-0.4, -0.2) is 23.5 Å². The SMILES string of the molecule is CC(=O)Oc1ccc2c(c1)C[C@@H]1CCCCN1C2. The van der Waals surface area contributed by atoms with Gasteiger partial charge in [-0.2, -0.15) is 0 Å². The average molecular weight is 245 g/mol. The van der Waals surface area contributed by atoms with Crippen molar-refractivity contribution in [1.29, 1.82) is 0 Å². The summed E-state index contributed by atoms with van der Waals surface area (Å²) in [6.07, 6.45) is 5.08. The molecule has 0 aliphatic carbocycles. The number of fused-ring (bicyclic) bond motifs is 2. The summed E-state index contributed by atoms with van der Waals surface area (Å²) in [5.41, 5.74) is 2.75. The van der Waals surface area contributed by atoms with E-state index in [0.29, 0.717) is 11.8 Å². The lowest BCUT2D eigenvalue weighted by atomic mass is 9.88. The molecule has 18 heavy (non-hydrogen) atoms. The summed E-state index contributed by atoms with van der Waals surface area (Å²) in [5, 5.41) is 0. The van der Waals surface area contributed by atoms with Crippen molar-refractivity contribution in [2.75, 3.05) is 6.54 Å². The summed E-state index contributed by atoms with van der Waals surface area (Å²) in [4.78, 5) is 13.6. The number of carbonyl (C=O) groups is 1. The van der Waals surface area contributed by atoms with Gasteiger partial charge in [-0.3, -0.25) is 9.69 Å². The molecule has 0 bridgehead atoms. The highest BCUT2D eigenvalue weighted by Gasteiger charge is 2.28. The van der Waals surface area contributed by atoms with Gasteiger partial charge in [0.1, 0.15) is 5.75 Å². The van der Waals surface area contributed by atoms with E-state index < -0.39 is 0 Å². The highest BCUT2D eigenvalue weighted by atomic mass is 16.5. The molecule has 2 heterocycles. The Labute approximate surface area is 108 Å². The lowest BCUT2D eigenvalue weighted by molar-refractivity contribution is -0.131. The Bertz CT molecular complexity index is 470. The minimum Gasteiger partial charge on any atom is -0.427 e. The van der Waals surface area contributed by atoms with Crippen LogP contribution in [0.4, 0.5) is 0 Å². The summed E-state index contributed by atoms with van der Waals surface area (Å²) in [7, 11) is 0. The standard InChI is InChI=1S/C15H19NO2/c1-11(17)18-15-6-5-12-10-16-7-3-2-4-14(16)8-13(12)9-15/h5-6,9,14H,2-4,7-8,10H2,1H3/t14-/m0/s1. The number of rotatable bonds is 1. The van der Waals surface area contributed by atoms with Gasteiger partial charge in [0.2, 0.25) is 0 Å². The van der Waals surface area contributed by atoms with Gasteiger partial charge in [-0.05, 0) is 49.1 Å². The van der Waals surface area contributed by atoms with Gasteiger partial charge < -0.3 is 4.74 Å². The summed E-state index contributed by atoms with van der Waals surface area (Å²) >= 11 is 0. The van der Waals surface area contributed by atoms with Crippen molar-refractivity contribution in [3.05, 3.63) is 29.3 Å². The molecule has 1 fully saturated rings. The van der Waals surface area contributed by atoms with Crippen LogP contribution in [0.1, 0.15) is 37.3 Å². The molecular weight excluding hydrogens is 226 g/mol. The Morgan fingerprint density at radius 1 is 1.33 bits per heavy atom. The molecule has 0 N–H and O–H groups in total. The molecule has 3 nitrogen and oxygen atoms in total. The van der Waals surface area contributed by atoms with Gasteiger partial charge in [-0.15, -0.1) is 0 Å². The van der Waals surface area contributed by atoms with Crippen molar-refractivity contribution in [2.24, 2.45) is 0 Å². The first kappa shape index (κ1) is 11.7. The number of piperidine rings is 1. The third kappa shape index (κ3) is 2.27. The van der Waals surface area contributed by atoms with Crippen molar-refractivity contribution in [2.45, 2.75) is 45.2 Å². The molecule has 2 aliphatic heterocycles. The maximum absolute atomic E-state index is 11.0. The quantitative estimate of drug-likeness (QED) is 0.562. The van der Waals surface area contributed by atoms with Crippen LogP contribution in [0.15, 0.2) is 18.2 Å². The zero-order valence-electron chi connectivity index (χ0n) is 10.8. The lowest BCUT2D eigenvalue weighted by Crippen LogP contribution is -2.43. The number of benzene rings is 1. The fourth-order valence-corrected chi connectivity index (χ4v) is 3.15. The van der Waals surface area contributed by atoms with Crippen LogP contribution in [0.3, 0.4) is 0 Å². The van der Waals surface area contributed by atoms with Crippen LogP contribution in [-0.2, 0) is 17.8 Å². The Hall–Kier alpha value is -1.35. The van der Waals surface area contributed by atoms with Crippen molar-refractivity contribution >= 4 is 5.97 Å². The van der Waals surface area contributed by atoms with Gasteiger partial charge in [0.25, 0.3) is 0 Å². The van der Waals surface area contributed by atoms with E-state index in [2.05, 4.69) is 11.0 Å². The number of esters is 1. The number of carbonyl (C=O) groups excluding carboxylic acids is 1. The summed E-state index contributed by atoms with van der Waals surface area (Å²) in [6, 6.07) is 6.75. The van der Waals surface area contributed by atoms with E-state index in [0.717, 1.165) is 13.0 Å². The molecule has 1 saturated heterocycles. The van der Waals surface area contributed by atoms with Crippen molar-refractivity contribution < 1.29 is 9.53 Å². The Kier molecular flexibility index (Phi) is 3.08. The van der Waals surface area contributed by atoms with Crippen molar-refractivity contribution in [3.63, 3.8) is 0 Å². The van der Waals surface area contributed by atoms with Gasteiger partial charge in [-0.1, -0.05) is 12.5 Å². The third-order valence-corrected chi connectivity index (χ3v) is 4.02. The molecular formula is C15H19NO2. The van der Waals surface area contributed by atoms with Crippen LogP contribution < -0.4 is 4.74 Å². The molecule has 1 aromatic carbocycles. The zero-order valence-corrected chi connectivity index (χ0v) is 10.8. The minimum absolute atomic E-state index is 0.245. The second-order valence-corrected chi connectivity index (χ2v) is 5.35. The zero-order chi connectivity index (χ0) is 12.5. The van der Waals surface area contributed by atoms with Crippen molar-refractivity contribution in [1.82, 2.24) is 4.90 Å². The maximum Gasteiger partial charge on any atom is 0.308 e. The van der Waals surface area contributed by atoms with Gasteiger partial charge in [-0.25, -0.2) is 0 Å². The first-order valence-corrected chi connectivity index (χ1v) is 6.76. The predicted octanol–water partition coefficient (Wildman–Crippen LogP) is 2.52. The first-order chi connectivity index (χ1) is 8.72. The highest BCUT2D eigenvalue weighted by molar-refractivity contribution is 5.69. The van der Waals surface area contributed by atoms with Crippen LogP contribution in [0.5, 0.6) is 5.75 Å². The molecule has 2 aliphatic rings. The fourth-order valence-electron chi connectivity index (χ4n) is 3.15. The van der Waals surface area contributed by atoms with Crippen LogP contribution in [0, 0.1) is 0 Å². The number of nitrogens with zero attached hydrogens (tertiary/aromatic N) is 1. The fraction of sp³-hybridized carbons (Fsp3) is 0.533. The first-order valence-electron chi connectivity index (χ1n) is 6.76. The highest BCUT2D eigenvalue weighted by Crippen LogP contribution is 2.31. The number of hydrogen-bond donors (Lipinski definition) is 0. The van der Waals surface area contributed by atoms with E-state index in [1.165, 1.54) is 43.9 Å². The monoisotopic (exact) mass is 245 g/mol. The predicted molar refractivity (Wildman–Crippen MR) is 69.5 cm³/mol. The molecule has 0 aromatic heterocycles. The Morgan fingerprint density at radius 2 is 2.22 bits per heavy atom. The average Bonchev–Trinajstić information content (AvgIpc) is 2.35. The second kappa shape index (κ2) is 4.73. The van der Waals surface area contributed by atoms with Gasteiger partial charge in [0.05, 0.1) is 0 Å². The summed E-state index contributed by atoms with van der Waals surface area (Å²) < 4.78 is 5.16. The van der Waals surface area contributed by atoms with Crippen LogP contribution in [0.25, 0.3) is 0 Å². The molecule has 0 unspecified atom stereocenters. The van der Waals surface area contributed by atoms with Crippen LogP contribution in [0.2, 0.25) is 0 Å². The summed E-state index contributed by atoms with van der Waals surface area (Å²) in [5.74, 6) is 0.440. The molecule has 3 rings (SSSR count). The topological polar surface area (TPSA) is 29.5 Å². The Morgan fingerprint density at radius 3 is 3.06 bits per heavy atom. The molecule has 3 heteroatoms. The lowest BCUT2D eigenvalue weighted by Gasteiger charge is -2.40. The van der Waals surface area contributed by atoms with Crippen LogP contribution >= 0.6 is 0 Å². The minimum atomic E-state index is -0.245. The molecule has 1 aromatic rings. The maximum atomic E-state index is 11.0. The molecule has 0 radical (unpaired) electrons. The smallest absolute Gasteiger partial charge is 0.308 e. The largest absolute Gasteiger partial charge is 0.427 e. The molecule has 96 valence electrons. The van der Waals surface area contributed by atoms with E-state index in [-0.39, 0.29) is 5.97 Å². The molecule has 0 amide bonds. The molecule has 0 spiro atoms. The molecule has 1 atom stereocenters. The number of ether oxygens (including phenoxy) is 1. The normalized spacial score (nSPS) is 23.1. The van der Waals surface area contributed by atoms with E-state index in [9.17, 15) is 4.79 Å². The van der Waals surface area contributed by atoms with E-state index in [1.807, 2.05) is 12.1 Å². The Balaban J connectivity index is 1.84. The molecule has 0 saturated carbocycles. The van der Waals surface area contributed by atoms with E-state index >= 15 is 0 Å². The summed E-state index contributed by atoms with van der Waals surface area (Å²) in [6.45, 7) is 3.73.